The van der Waals surface area contributed by atoms with Crippen molar-refractivity contribution in [2.75, 3.05) is 7.11 Å². The summed E-state index contributed by atoms with van der Waals surface area (Å²) in [5.74, 6) is 0.973. The molecule has 1 N–H and O–H groups in total. The number of rotatable bonds is 8. The molecular formula is C15H25NO. The van der Waals surface area contributed by atoms with E-state index in [9.17, 15) is 0 Å². The SMILES string of the molecule is CCCCCC(C)NCc1ccccc1OC. The fraction of sp³-hybridized carbons (Fsp3) is 0.600. The lowest BCUT2D eigenvalue weighted by Crippen LogP contribution is -2.25. The Morgan fingerprint density at radius 1 is 1.24 bits per heavy atom. The van der Waals surface area contributed by atoms with Crippen LogP contribution in [0.15, 0.2) is 24.3 Å². The van der Waals surface area contributed by atoms with Crippen molar-refractivity contribution >= 4 is 0 Å². The smallest absolute Gasteiger partial charge is 0.123 e. The molecule has 1 rings (SSSR count). The molecule has 1 unspecified atom stereocenters. The molecular weight excluding hydrogens is 210 g/mol. The van der Waals surface area contributed by atoms with E-state index in [2.05, 4.69) is 31.3 Å². The third kappa shape index (κ3) is 5.22. The van der Waals surface area contributed by atoms with E-state index in [1.54, 1.807) is 7.11 Å². The Balaban J connectivity index is 2.33. The minimum atomic E-state index is 0.575. The predicted octanol–water partition coefficient (Wildman–Crippen LogP) is 3.75. The molecule has 0 spiro atoms. The molecule has 0 aliphatic carbocycles. The second-order valence-electron chi connectivity index (χ2n) is 4.59. The van der Waals surface area contributed by atoms with Gasteiger partial charge < -0.3 is 10.1 Å². The van der Waals surface area contributed by atoms with Gasteiger partial charge in [-0.25, -0.2) is 0 Å². The van der Waals surface area contributed by atoms with Gasteiger partial charge in [-0.3, -0.25) is 0 Å². The standard InChI is InChI=1S/C15H25NO/c1-4-5-6-9-13(2)16-12-14-10-7-8-11-15(14)17-3/h7-8,10-11,13,16H,4-6,9,12H2,1-3H3. The summed E-state index contributed by atoms with van der Waals surface area (Å²) in [6.07, 6.45) is 5.19. The van der Waals surface area contributed by atoms with Crippen molar-refractivity contribution in [1.82, 2.24) is 5.32 Å². The molecule has 1 aromatic carbocycles. The Morgan fingerprint density at radius 2 is 2.00 bits per heavy atom. The van der Waals surface area contributed by atoms with E-state index < -0.39 is 0 Å². The molecule has 0 saturated heterocycles. The first-order chi connectivity index (χ1) is 8.27. The molecule has 2 heteroatoms. The van der Waals surface area contributed by atoms with Crippen LogP contribution in [0.1, 0.15) is 45.1 Å². The summed E-state index contributed by atoms with van der Waals surface area (Å²) in [6.45, 7) is 5.38. The second-order valence-corrected chi connectivity index (χ2v) is 4.59. The maximum Gasteiger partial charge on any atom is 0.123 e. The number of benzene rings is 1. The average Bonchev–Trinajstić information content (AvgIpc) is 2.37. The molecule has 0 heterocycles. The van der Waals surface area contributed by atoms with Crippen molar-refractivity contribution in [2.24, 2.45) is 0 Å². The largest absolute Gasteiger partial charge is 0.496 e. The van der Waals surface area contributed by atoms with E-state index in [0.717, 1.165) is 12.3 Å². The molecule has 17 heavy (non-hydrogen) atoms. The fourth-order valence-electron chi connectivity index (χ4n) is 1.94. The number of methoxy groups -OCH3 is 1. The van der Waals surface area contributed by atoms with E-state index >= 15 is 0 Å². The van der Waals surface area contributed by atoms with Crippen LogP contribution in [0.5, 0.6) is 5.75 Å². The summed E-state index contributed by atoms with van der Waals surface area (Å²) < 4.78 is 5.34. The van der Waals surface area contributed by atoms with Gasteiger partial charge in [0.1, 0.15) is 5.75 Å². The second kappa shape index (κ2) is 8.13. The lowest BCUT2D eigenvalue weighted by molar-refractivity contribution is 0.404. The normalized spacial score (nSPS) is 12.4. The molecule has 2 nitrogen and oxygen atoms in total. The average molecular weight is 235 g/mol. The van der Waals surface area contributed by atoms with Crippen LogP contribution in [0.2, 0.25) is 0 Å². The van der Waals surface area contributed by atoms with Crippen LogP contribution in [0.3, 0.4) is 0 Å². The summed E-state index contributed by atoms with van der Waals surface area (Å²) in [5.41, 5.74) is 1.23. The van der Waals surface area contributed by atoms with E-state index in [0.29, 0.717) is 6.04 Å². The molecule has 0 fully saturated rings. The van der Waals surface area contributed by atoms with Crippen molar-refractivity contribution in [3.63, 3.8) is 0 Å². The van der Waals surface area contributed by atoms with Gasteiger partial charge in [-0.1, -0.05) is 44.4 Å². The van der Waals surface area contributed by atoms with Gasteiger partial charge in [-0.05, 0) is 19.4 Å². The number of nitrogens with one attached hydrogen (secondary N) is 1. The van der Waals surface area contributed by atoms with Crippen LogP contribution in [0.4, 0.5) is 0 Å². The highest BCUT2D eigenvalue weighted by atomic mass is 16.5. The molecule has 0 radical (unpaired) electrons. The zero-order chi connectivity index (χ0) is 12.5. The van der Waals surface area contributed by atoms with Gasteiger partial charge in [0.2, 0.25) is 0 Å². The summed E-state index contributed by atoms with van der Waals surface area (Å²) in [6, 6.07) is 8.77. The zero-order valence-electron chi connectivity index (χ0n) is 11.3. The number of hydrogen-bond donors (Lipinski definition) is 1. The molecule has 0 aromatic heterocycles. The van der Waals surface area contributed by atoms with Crippen LogP contribution in [-0.2, 0) is 6.54 Å². The van der Waals surface area contributed by atoms with Crippen molar-refractivity contribution < 1.29 is 4.74 Å². The van der Waals surface area contributed by atoms with Crippen LogP contribution in [0.25, 0.3) is 0 Å². The first kappa shape index (κ1) is 14.0. The quantitative estimate of drug-likeness (QED) is 0.693. The zero-order valence-corrected chi connectivity index (χ0v) is 11.3. The van der Waals surface area contributed by atoms with Crippen molar-refractivity contribution in [1.29, 1.82) is 0 Å². The van der Waals surface area contributed by atoms with Crippen molar-refractivity contribution in [3.8, 4) is 5.75 Å². The van der Waals surface area contributed by atoms with E-state index in [1.165, 1.54) is 31.2 Å². The maximum atomic E-state index is 5.34. The first-order valence-corrected chi connectivity index (χ1v) is 6.63. The Labute approximate surface area is 105 Å². The highest BCUT2D eigenvalue weighted by molar-refractivity contribution is 5.32. The fourth-order valence-corrected chi connectivity index (χ4v) is 1.94. The van der Waals surface area contributed by atoms with Gasteiger partial charge in [-0.15, -0.1) is 0 Å². The van der Waals surface area contributed by atoms with Gasteiger partial charge >= 0.3 is 0 Å². The van der Waals surface area contributed by atoms with Crippen molar-refractivity contribution in [3.05, 3.63) is 29.8 Å². The van der Waals surface area contributed by atoms with E-state index in [1.807, 2.05) is 12.1 Å². The molecule has 0 aliphatic heterocycles. The molecule has 0 amide bonds. The van der Waals surface area contributed by atoms with Gasteiger partial charge in [0.05, 0.1) is 7.11 Å². The van der Waals surface area contributed by atoms with Crippen LogP contribution < -0.4 is 10.1 Å². The summed E-state index contributed by atoms with van der Waals surface area (Å²) >= 11 is 0. The Morgan fingerprint density at radius 3 is 2.71 bits per heavy atom. The lowest BCUT2D eigenvalue weighted by atomic mass is 10.1. The number of para-hydroxylation sites is 1. The van der Waals surface area contributed by atoms with Crippen LogP contribution in [-0.4, -0.2) is 13.2 Å². The molecule has 96 valence electrons. The van der Waals surface area contributed by atoms with Crippen LogP contribution in [0, 0.1) is 0 Å². The first-order valence-electron chi connectivity index (χ1n) is 6.63. The van der Waals surface area contributed by atoms with Gasteiger partial charge in [-0.2, -0.15) is 0 Å². The monoisotopic (exact) mass is 235 g/mol. The molecule has 0 bridgehead atoms. The van der Waals surface area contributed by atoms with E-state index in [-0.39, 0.29) is 0 Å². The highest BCUT2D eigenvalue weighted by Crippen LogP contribution is 2.17. The van der Waals surface area contributed by atoms with Gasteiger partial charge in [0, 0.05) is 18.2 Å². The van der Waals surface area contributed by atoms with Gasteiger partial charge in [0.25, 0.3) is 0 Å². The van der Waals surface area contributed by atoms with Crippen LogP contribution >= 0.6 is 0 Å². The molecule has 1 atom stereocenters. The Hall–Kier alpha value is -1.02. The van der Waals surface area contributed by atoms with E-state index in [4.69, 9.17) is 4.74 Å². The third-order valence-electron chi connectivity index (χ3n) is 3.07. The maximum absolute atomic E-state index is 5.34. The summed E-state index contributed by atoms with van der Waals surface area (Å²) in [4.78, 5) is 0. The van der Waals surface area contributed by atoms with Crippen molar-refractivity contribution in [2.45, 2.75) is 52.1 Å². The predicted molar refractivity (Wildman–Crippen MR) is 73.4 cm³/mol. The minimum absolute atomic E-state index is 0.575. The molecule has 1 aromatic rings. The third-order valence-corrected chi connectivity index (χ3v) is 3.07. The Bertz CT molecular complexity index is 312. The minimum Gasteiger partial charge on any atom is -0.496 e. The Kier molecular flexibility index (Phi) is 6.71. The summed E-state index contributed by atoms with van der Waals surface area (Å²) in [7, 11) is 1.73. The topological polar surface area (TPSA) is 21.3 Å². The van der Waals surface area contributed by atoms with Gasteiger partial charge in [0.15, 0.2) is 0 Å². The molecule has 0 saturated carbocycles. The highest BCUT2D eigenvalue weighted by Gasteiger charge is 2.04. The summed E-state index contributed by atoms with van der Waals surface area (Å²) in [5, 5.41) is 3.55. The lowest BCUT2D eigenvalue weighted by Gasteiger charge is -2.15. The number of unbranched alkanes of at least 4 members (excludes halogenated alkanes) is 2. The number of hydrogen-bond acceptors (Lipinski definition) is 2. The molecule has 0 aliphatic rings. The number of ether oxygens (including phenoxy) is 1.